The minimum atomic E-state index is -0.668. The minimum absolute atomic E-state index is 0.469. The normalized spacial score (nSPS) is 18.9. The maximum atomic E-state index is 10.3. The molecule has 0 aromatic heterocycles. The summed E-state index contributed by atoms with van der Waals surface area (Å²) in [5, 5.41) is 13.8. The SMILES string of the molecule is CN(C)CC(C)(O)CNC1Cc2ccccc2C1. The van der Waals surface area contributed by atoms with Gasteiger partial charge in [0.15, 0.2) is 0 Å². The molecule has 0 spiro atoms. The fourth-order valence-electron chi connectivity index (χ4n) is 2.80. The Kier molecular flexibility index (Phi) is 4.05. The predicted molar refractivity (Wildman–Crippen MR) is 74.8 cm³/mol. The largest absolute Gasteiger partial charge is 0.388 e. The van der Waals surface area contributed by atoms with Crippen LogP contribution in [0.4, 0.5) is 0 Å². The van der Waals surface area contributed by atoms with E-state index < -0.39 is 5.60 Å². The molecule has 3 heteroatoms. The van der Waals surface area contributed by atoms with Gasteiger partial charge in [0.1, 0.15) is 0 Å². The van der Waals surface area contributed by atoms with Crippen LogP contribution < -0.4 is 5.32 Å². The molecule has 0 aliphatic heterocycles. The quantitative estimate of drug-likeness (QED) is 0.818. The van der Waals surface area contributed by atoms with Gasteiger partial charge in [-0.25, -0.2) is 0 Å². The standard InChI is InChI=1S/C15H24N2O/c1-15(18,11-17(2)3)10-16-14-8-12-6-4-5-7-13(12)9-14/h4-7,14,16,18H,8-11H2,1-3H3. The van der Waals surface area contributed by atoms with E-state index in [-0.39, 0.29) is 0 Å². The minimum Gasteiger partial charge on any atom is -0.388 e. The monoisotopic (exact) mass is 248 g/mol. The highest BCUT2D eigenvalue weighted by atomic mass is 16.3. The van der Waals surface area contributed by atoms with Gasteiger partial charge in [-0.2, -0.15) is 0 Å². The smallest absolute Gasteiger partial charge is 0.0869 e. The molecule has 0 saturated heterocycles. The van der Waals surface area contributed by atoms with Gasteiger partial charge in [0.05, 0.1) is 5.60 Å². The molecule has 1 aliphatic carbocycles. The molecular weight excluding hydrogens is 224 g/mol. The summed E-state index contributed by atoms with van der Waals surface area (Å²) < 4.78 is 0. The number of aliphatic hydroxyl groups is 1. The summed E-state index contributed by atoms with van der Waals surface area (Å²) in [4.78, 5) is 2.02. The lowest BCUT2D eigenvalue weighted by molar-refractivity contribution is 0.0316. The summed E-state index contributed by atoms with van der Waals surface area (Å²) in [6.45, 7) is 3.21. The average molecular weight is 248 g/mol. The Morgan fingerprint density at radius 3 is 2.33 bits per heavy atom. The lowest BCUT2D eigenvalue weighted by Crippen LogP contribution is -2.48. The molecular formula is C15H24N2O. The first kappa shape index (κ1) is 13.5. The van der Waals surface area contributed by atoms with Crippen LogP contribution in [0.25, 0.3) is 0 Å². The average Bonchev–Trinajstić information content (AvgIpc) is 2.67. The third-order valence-corrected chi connectivity index (χ3v) is 3.48. The van der Waals surface area contributed by atoms with Gasteiger partial charge in [0.25, 0.3) is 0 Å². The molecule has 100 valence electrons. The number of benzene rings is 1. The molecule has 0 heterocycles. The molecule has 1 unspecified atom stereocenters. The zero-order valence-corrected chi connectivity index (χ0v) is 11.6. The van der Waals surface area contributed by atoms with Gasteiger partial charge in [-0.1, -0.05) is 24.3 Å². The van der Waals surface area contributed by atoms with E-state index in [0.29, 0.717) is 19.1 Å². The van der Waals surface area contributed by atoms with Crippen LogP contribution in [0.1, 0.15) is 18.1 Å². The molecule has 0 bridgehead atoms. The summed E-state index contributed by atoms with van der Waals surface area (Å²) in [5.41, 5.74) is 2.22. The fourth-order valence-corrected chi connectivity index (χ4v) is 2.80. The molecule has 0 saturated carbocycles. The van der Waals surface area contributed by atoms with Crippen LogP contribution in [-0.4, -0.2) is 48.8 Å². The van der Waals surface area contributed by atoms with Crippen LogP contribution in [0.15, 0.2) is 24.3 Å². The molecule has 2 rings (SSSR count). The van der Waals surface area contributed by atoms with E-state index in [1.807, 2.05) is 25.9 Å². The maximum Gasteiger partial charge on any atom is 0.0869 e. The molecule has 1 aliphatic rings. The van der Waals surface area contributed by atoms with Crippen molar-refractivity contribution < 1.29 is 5.11 Å². The number of hydrogen-bond donors (Lipinski definition) is 2. The summed E-state index contributed by atoms with van der Waals surface area (Å²) in [5.74, 6) is 0. The van der Waals surface area contributed by atoms with Crippen molar-refractivity contribution in [1.82, 2.24) is 10.2 Å². The van der Waals surface area contributed by atoms with Gasteiger partial charge >= 0.3 is 0 Å². The number of nitrogens with zero attached hydrogens (tertiary/aromatic N) is 1. The summed E-state index contributed by atoms with van der Waals surface area (Å²) in [6, 6.07) is 9.08. The Balaban J connectivity index is 1.83. The number of likely N-dealkylation sites (N-methyl/N-ethyl adjacent to an activating group) is 1. The van der Waals surface area contributed by atoms with Crippen molar-refractivity contribution >= 4 is 0 Å². The number of fused-ring (bicyclic) bond motifs is 1. The van der Waals surface area contributed by atoms with E-state index in [9.17, 15) is 5.11 Å². The van der Waals surface area contributed by atoms with Crippen molar-refractivity contribution in [1.29, 1.82) is 0 Å². The number of rotatable bonds is 5. The van der Waals surface area contributed by atoms with E-state index in [1.54, 1.807) is 0 Å². The fraction of sp³-hybridized carbons (Fsp3) is 0.600. The number of nitrogens with one attached hydrogen (secondary N) is 1. The van der Waals surface area contributed by atoms with Crippen LogP contribution in [0.3, 0.4) is 0 Å². The van der Waals surface area contributed by atoms with Crippen molar-refractivity contribution in [3.8, 4) is 0 Å². The van der Waals surface area contributed by atoms with Gasteiger partial charge in [0.2, 0.25) is 0 Å². The summed E-state index contributed by atoms with van der Waals surface area (Å²) in [6.07, 6.45) is 2.16. The molecule has 0 fully saturated rings. The Bertz CT molecular complexity index is 376. The van der Waals surface area contributed by atoms with Crippen molar-refractivity contribution in [2.75, 3.05) is 27.2 Å². The third kappa shape index (κ3) is 3.55. The Morgan fingerprint density at radius 1 is 1.28 bits per heavy atom. The Morgan fingerprint density at radius 2 is 1.83 bits per heavy atom. The first-order valence-corrected chi connectivity index (χ1v) is 6.63. The van der Waals surface area contributed by atoms with Crippen LogP contribution in [0.2, 0.25) is 0 Å². The Labute approximate surface area is 110 Å². The molecule has 1 atom stereocenters. The molecule has 0 radical (unpaired) electrons. The van der Waals surface area contributed by atoms with Crippen LogP contribution in [0, 0.1) is 0 Å². The molecule has 3 nitrogen and oxygen atoms in total. The van der Waals surface area contributed by atoms with Crippen LogP contribution in [-0.2, 0) is 12.8 Å². The Hall–Kier alpha value is -0.900. The highest BCUT2D eigenvalue weighted by Gasteiger charge is 2.25. The van der Waals surface area contributed by atoms with Crippen molar-refractivity contribution in [2.24, 2.45) is 0 Å². The first-order chi connectivity index (χ1) is 8.46. The van der Waals surface area contributed by atoms with Gasteiger partial charge in [-0.15, -0.1) is 0 Å². The van der Waals surface area contributed by atoms with Crippen LogP contribution in [0.5, 0.6) is 0 Å². The zero-order valence-electron chi connectivity index (χ0n) is 11.6. The van der Waals surface area contributed by atoms with Crippen molar-refractivity contribution in [3.63, 3.8) is 0 Å². The van der Waals surface area contributed by atoms with E-state index in [1.165, 1.54) is 11.1 Å². The molecule has 2 N–H and O–H groups in total. The van der Waals surface area contributed by atoms with Gasteiger partial charge in [-0.3, -0.25) is 0 Å². The van der Waals surface area contributed by atoms with Crippen molar-refractivity contribution in [2.45, 2.75) is 31.4 Å². The highest BCUT2D eigenvalue weighted by Crippen LogP contribution is 2.21. The lowest BCUT2D eigenvalue weighted by Gasteiger charge is -2.28. The molecule has 18 heavy (non-hydrogen) atoms. The molecule has 0 amide bonds. The predicted octanol–water partition coefficient (Wildman–Crippen LogP) is 1.06. The first-order valence-electron chi connectivity index (χ1n) is 6.63. The second-order valence-corrected chi connectivity index (χ2v) is 5.99. The molecule has 1 aromatic rings. The van der Waals surface area contributed by atoms with Crippen LogP contribution >= 0.6 is 0 Å². The van der Waals surface area contributed by atoms with Crippen molar-refractivity contribution in [3.05, 3.63) is 35.4 Å². The van der Waals surface area contributed by atoms with Gasteiger partial charge in [0, 0.05) is 19.1 Å². The van der Waals surface area contributed by atoms with Gasteiger partial charge < -0.3 is 15.3 Å². The molecule has 1 aromatic carbocycles. The highest BCUT2D eigenvalue weighted by molar-refractivity contribution is 5.33. The van der Waals surface area contributed by atoms with E-state index >= 15 is 0 Å². The van der Waals surface area contributed by atoms with E-state index in [4.69, 9.17) is 0 Å². The topological polar surface area (TPSA) is 35.5 Å². The third-order valence-electron chi connectivity index (χ3n) is 3.48. The second kappa shape index (κ2) is 5.39. The second-order valence-electron chi connectivity index (χ2n) is 5.99. The lowest BCUT2D eigenvalue weighted by atomic mass is 10.1. The maximum absolute atomic E-state index is 10.3. The number of hydrogen-bond acceptors (Lipinski definition) is 3. The zero-order chi connectivity index (χ0) is 13.2. The van der Waals surface area contributed by atoms with E-state index in [0.717, 1.165) is 12.8 Å². The van der Waals surface area contributed by atoms with E-state index in [2.05, 4.69) is 29.6 Å². The summed E-state index contributed by atoms with van der Waals surface area (Å²) >= 11 is 0. The summed E-state index contributed by atoms with van der Waals surface area (Å²) in [7, 11) is 3.97. The van der Waals surface area contributed by atoms with Gasteiger partial charge in [-0.05, 0) is 45.0 Å².